The number of hydrazone groups is 1. The van der Waals surface area contributed by atoms with Crippen LogP contribution in [0.5, 0.6) is 0 Å². The maximum absolute atomic E-state index is 13.2. The fourth-order valence-corrected chi connectivity index (χ4v) is 4.53. The van der Waals surface area contributed by atoms with Gasteiger partial charge in [-0.05, 0) is 42.0 Å². The minimum Gasteiger partial charge on any atom is -0.467 e. The highest BCUT2D eigenvalue weighted by Crippen LogP contribution is 2.34. The van der Waals surface area contributed by atoms with Gasteiger partial charge in [-0.3, -0.25) is 9.78 Å². The van der Waals surface area contributed by atoms with Crippen LogP contribution in [0.2, 0.25) is 5.02 Å². The summed E-state index contributed by atoms with van der Waals surface area (Å²) < 4.78 is 7.46. The number of pyridine rings is 1. The molecule has 166 valence electrons. The summed E-state index contributed by atoms with van der Waals surface area (Å²) in [5.74, 6) is 1.40. The lowest BCUT2D eigenvalue weighted by molar-refractivity contribution is -0.130. The molecule has 1 aromatic carbocycles. The number of hydrogen-bond acceptors (Lipinski definition) is 7. The molecule has 0 saturated carbocycles. The molecule has 8 nitrogen and oxygen atoms in total. The second-order valence-electron chi connectivity index (χ2n) is 7.42. The van der Waals surface area contributed by atoms with Crippen LogP contribution >= 0.6 is 23.4 Å². The number of halogens is 1. The van der Waals surface area contributed by atoms with E-state index in [4.69, 9.17) is 16.0 Å². The maximum Gasteiger partial charge on any atom is 0.253 e. The average molecular weight is 479 g/mol. The lowest BCUT2D eigenvalue weighted by Crippen LogP contribution is -2.28. The Morgan fingerprint density at radius 2 is 2.00 bits per heavy atom. The summed E-state index contributed by atoms with van der Waals surface area (Å²) in [6, 6.07) is 14.6. The lowest BCUT2D eigenvalue weighted by atomic mass is 10.0. The first-order chi connectivity index (χ1) is 16.1. The molecule has 0 radical (unpaired) electrons. The van der Waals surface area contributed by atoms with Gasteiger partial charge in [0, 0.05) is 36.4 Å². The molecule has 1 aliphatic heterocycles. The molecule has 0 saturated heterocycles. The van der Waals surface area contributed by atoms with Crippen LogP contribution in [0, 0.1) is 0 Å². The molecule has 10 heteroatoms. The number of thioether (sulfide) groups is 1. The van der Waals surface area contributed by atoms with Crippen molar-refractivity contribution >= 4 is 35.0 Å². The van der Waals surface area contributed by atoms with Crippen LogP contribution < -0.4 is 0 Å². The Balaban J connectivity index is 1.35. The zero-order valence-electron chi connectivity index (χ0n) is 17.6. The highest BCUT2D eigenvalue weighted by molar-refractivity contribution is 7.99. The fraction of sp³-hybridized carbons (Fsp3) is 0.174. The van der Waals surface area contributed by atoms with Gasteiger partial charge < -0.3 is 8.98 Å². The van der Waals surface area contributed by atoms with Crippen LogP contribution in [0.4, 0.5) is 0 Å². The molecule has 0 spiro atoms. The van der Waals surface area contributed by atoms with E-state index in [1.54, 1.807) is 18.7 Å². The molecule has 0 fully saturated rings. The van der Waals surface area contributed by atoms with Gasteiger partial charge in [0.2, 0.25) is 0 Å². The molecule has 33 heavy (non-hydrogen) atoms. The molecule has 4 aromatic rings. The number of benzene rings is 1. The van der Waals surface area contributed by atoms with E-state index in [-0.39, 0.29) is 17.7 Å². The van der Waals surface area contributed by atoms with E-state index >= 15 is 0 Å². The third-order valence-electron chi connectivity index (χ3n) is 5.29. The number of aromatic nitrogens is 4. The monoisotopic (exact) mass is 478 g/mol. The Kier molecular flexibility index (Phi) is 5.97. The van der Waals surface area contributed by atoms with Gasteiger partial charge in [0.15, 0.2) is 11.0 Å². The Morgan fingerprint density at radius 1 is 1.15 bits per heavy atom. The SMILES string of the molecule is Cn1c(SCC(=O)N2N=C(c3ccc(Cl)cc3)C[C@@H]2c2ccco2)nnc1-c1cccnc1. The largest absolute Gasteiger partial charge is 0.467 e. The third-order valence-corrected chi connectivity index (χ3v) is 6.55. The zero-order valence-corrected chi connectivity index (χ0v) is 19.2. The van der Waals surface area contributed by atoms with E-state index < -0.39 is 0 Å². The Bertz CT molecular complexity index is 1290. The molecule has 0 bridgehead atoms. The quantitative estimate of drug-likeness (QED) is 0.376. The normalized spacial score (nSPS) is 15.6. The predicted molar refractivity (Wildman–Crippen MR) is 126 cm³/mol. The second-order valence-corrected chi connectivity index (χ2v) is 8.80. The van der Waals surface area contributed by atoms with Crippen molar-refractivity contribution in [2.24, 2.45) is 12.1 Å². The van der Waals surface area contributed by atoms with Crippen LogP contribution in [0.1, 0.15) is 23.8 Å². The van der Waals surface area contributed by atoms with Gasteiger partial charge >= 0.3 is 0 Å². The van der Waals surface area contributed by atoms with Crippen LogP contribution in [-0.4, -0.2) is 42.1 Å². The molecule has 0 N–H and O–H groups in total. The summed E-state index contributed by atoms with van der Waals surface area (Å²) in [6.07, 6.45) is 5.60. The van der Waals surface area contributed by atoms with E-state index in [0.717, 1.165) is 16.8 Å². The zero-order chi connectivity index (χ0) is 22.8. The molecule has 5 rings (SSSR count). The number of hydrogen-bond donors (Lipinski definition) is 0. The smallest absolute Gasteiger partial charge is 0.253 e. The summed E-state index contributed by atoms with van der Waals surface area (Å²) >= 11 is 7.34. The van der Waals surface area contributed by atoms with Crippen LogP contribution in [0.15, 0.2) is 81.9 Å². The standard InChI is InChI=1S/C23H19ClN6O2S/c1-29-22(16-4-2-10-25-13-16)26-27-23(29)33-14-21(31)30-19(20-5-3-11-32-20)12-18(28-30)15-6-8-17(24)9-7-15/h2-11,13,19H,12,14H2,1H3/t19-/m1/s1. The van der Waals surface area contributed by atoms with E-state index in [9.17, 15) is 4.79 Å². The van der Waals surface area contributed by atoms with Crippen molar-refractivity contribution in [3.8, 4) is 11.4 Å². The molecule has 1 atom stereocenters. The fourth-order valence-electron chi connectivity index (χ4n) is 3.64. The summed E-state index contributed by atoms with van der Waals surface area (Å²) in [5, 5.41) is 15.9. The first-order valence-corrected chi connectivity index (χ1v) is 11.6. The topological polar surface area (TPSA) is 89.4 Å². The van der Waals surface area contributed by atoms with E-state index in [1.165, 1.54) is 16.8 Å². The summed E-state index contributed by atoms with van der Waals surface area (Å²) in [5.41, 5.74) is 2.59. The van der Waals surface area contributed by atoms with Gasteiger partial charge in [0.1, 0.15) is 11.8 Å². The summed E-state index contributed by atoms with van der Waals surface area (Å²) in [4.78, 5) is 17.3. The van der Waals surface area contributed by atoms with Gasteiger partial charge in [-0.15, -0.1) is 10.2 Å². The van der Waals surface area contributed by atoms with Crippen molar-refractivity contribution in [2.45, 2.75) is 17.6 Å². The van der Waals surface area contributed by atoms with Crippen LogP contribution in [0.25, 0.3) is 11.4 Å². The molecular formula is C23H19ClN6O2S. The third kappa shape index (κ3) is 4.42. The average Bonchev–Trinajstić information content (AvgIpc) is 3.59. The van der Waals surface area contributed by atoms with Crippen molar-refractivity contribution in [2.75, 3.05) is 5.75 Å². The Morgan fingerprint density at radius 3 is 2.73 bits per heavy atom. The minimum absolute atomic E-state index is 0.142. The number of furan rings is 1. The molecular weight excluding hydrogens is 460 g/mol. The second kappa shape index (κ2) is 9.21. The van der Waals surface area contributed by atoms with Gasteiger partial charge in [0.05, 0.1) is 17.7 Å². The van der Waals surface area contributed by atoms with Gasteiger partial charge in [0.25, 0.3) is 5.91 Å². The molecule has 0 aliphatic carbocycles. The number of rotatable bonds is 6. The highest BCUT2D eigenvalue weighted by Gasteiger charge is 2.35. The first kappa shape index (κ1) is 21.4. The molecule has 1 aliphatic rings. The number of carbonyl (C=O) groups excluding carboxylic acids is 1. The Labute approximate surface area is 199 Å². The van der Waals surface area contributed by atoms with Crippen molar-refractivity contribution in [3.63, 3.8) is 0 Å². The Hall–Kier alpha value is -3.43. The minimum atomic E-state index is -0.302. The van der Waals surface area contributed by atoms with E-state index in [1.807, 2.05) is 60.1 Å². The van der Waals surface area contributed by atoms with Crippen LogP contribution in [-0.2, 0) is 11.8 Å². The highest BCUT2D eigenvalue weighted by atomic mass is 35.5. The number of carbonyl (C=O) groups is 1. The predicted octanol–water partition coefficient (Wildman–Crippen LogP) is 4.59. The summed E-state index contributed by atoms with van der Waals surface area (Å²) in [7, 11) is 1.87. The molecule has 0 unspecified atom stereocenters. The van der Waals surface area contributed by atoms with E-state index in [0.29, 0.717) is 28.2 Å². The van der Waals surface area contributed by atoms with Gasteiger partial charge in [-0.2, -0.15) is 5.10 Å². The van der Waals surface area contributed by atoms with Gasteiger partial charge in [-0.25, -0.2) is 5.01 Å². The van der Waals surface area contributed by atoms with Crippen molar-refractivity contribution in [1.82, 2.24) is 24.8 Å². The molecule has 4 heterocycles. The summed E-state index contributed by atoms with van der Waals surface area (Å²) in [6.45, 7) is 0. The van der Waals surface area contributed by atoms with E-state index in [2.05, 4.69) is 20.3 Å². The first-order valence-electron chi connectivity index (χ1n) is 10.2. The molecule has 3 aromatic heterocycles. The molecule has 1 amide bonds. The van der Waals surface area contributed by atoms with Gasteiger partial charge in [-0.1, -0.05) is 35.5 Å². The van der Waals surface area contributed by atoms with Crippen molar-refractivity contribution in [1.29, 1.82) is 0 Å². The number of nitrogens with zero attached hydrogens (tertiary/aromatic N) is 6. The maximum atomic E-state index is 13.2. The van der Waals surface area contributed by atoms with Crippen LogP contribution in [0.3, 0.4) is 0 Å². The van der Waals surface area contributed by atoms with Crippen molar-refractivity contribution < 1.29 is 9.21 Å². The number of amides is 1. The lowest BCUT2D eigenvalue weighted by Gasteiger charge is -2.19. The van der Waals surface area contributed by atoms with Crippen molar-refractivity contribution in [3.05, 3.63) is 83.5 Å².